The second-order valence-corrected chi connectivity index (χ2v) is 6.39. The number of hydrogen-bond donors (Lipinski definition) is 0. The molecule has 0 spiro atoms. The fraction of sp³-hybridized carbons (Fsp3) is 0.611. The molecule has 0 saturated carbocycles. The molecule has 0 aromatic heterocycles. The normalized spacial score (nSPS) is 16.7. The number of likely N-dealkylation sites (tertiary alicyclic amines) is 1. The first-order chi connectivity index (χ1) is 9.58. The Labute approximate surface area is 123 Å². The number of amides is 1. The first-order valence-electron chi connectivity index (χ1n) is 7.90. The number of rotatable bonds is 4. The molecule has 2 rings (SSSR count). The predicted octanol–water partition coefficient (Wildman–Crippen LogP) is 3.82. The Bertz CT molecular complexity index is 444. The maximum Gasteiger partial charge on any atom is 0.222 e. The smallest absolute Gasteiger partial charge is 0.222 e. The molecule has 0 unspecified atom stereocenters. The summed E-state index contributed by atoms with van der Waals surface area (Å²) in [5.74, 6) is 1.88. The summed E-state index contributed by atoms with van der Waals surface area (Å²) >= 11 is 0. The van der Waals surface area contributed by atoms with Gasteiger partial charge in [0.15, 0.2) is 0 Å². The zero-order valence-electron chi connectivity index (χ0n) is 13.1. The van der Waals surface area contributed by atoms with E-state index in [9.17, 15) is 4.79 Å². The van der Waals surface area contributed by atoms with Gasteiger partial charge in [-0.15, -0.1) is 0 Å². The van der Waals surface area contributed by atoms with Crippen molar-refractivity contribution in [1.82, 2.24) is 4.90 Å². The number of carbonyl (C=O) groups excluding carboxylic acids is 1. The summed E-state index contributed by atoms with van der Waals surface area (Å²) in [7, 11) is 0. The maximum atomic E-state index is 12.3. The van der Waals surface area contributed by atoms with Gasteiger partial charge in [0, 0.05) is 19.5 Å². The summed E-state index contributed by atoms with van der Waals surface area (Å²) < 4.78 is 0. The van der Waals surface area contributed by atoms with Gasteiger partial charge in [-0.1, -0.05) is 38.1 Å². The molecule has 0 aliphatic carbocycles. The third-order valence-electron chi connectivity index (χ3n) is 4.70. The van der Waals surface area contributed by atoms with Crippen LogP contribution >= 0.6 is 0 Å². The van der Waals surface area contributed by atoms with Gasteiger partial charge < -0.3 is 4.90 Å². The molecule has 1 heterocycles. The summed E-state index contributed by atoms with van der Waals surface area (Å²) in [6.45, 7) is 8.61. The molecule has 1 fully saturated rings. The van der Waals surface area contributed by atoms with Gasteiger partial charge in [-0.2, -0.15) is 0 Å². The Balaban J connectivity index is 1.80. The van der Waals surface area contributed by atoms with Gasteiger partial charge in [0.05, 0.1) is 0 Å². The summed E-state index contributed by atoms with van der Waals surface area (Å²) in [4.78, 5) is 14.4. The van der Waals surface area contributed by atoms with Crippen LogP contribution in [0.15, 0.2) is 24.3 Å². The summed E-state index contributed by atoms with van der Waals surface area (Å²) in [6, 6.07) is 8.36. The Hall–Kier alpha value is -1.31. The minimum atomic E-state index is 0.329. The fourth-order valence-corrected chi connectivity index (χ4v) is 3.11. The van der Waals surface area contributed by atoms with Crippen LogP contribution in [0.3, 0.4) is 0 Å². The highest BCUT2D eigenvalue weighted by molar-refractivity contribution is 5.76. The number of piperidine rings is 1. The maximum absolute atomic E-state index is 12.3. The highest BCUT2D eigenvalue weighted by atomic mass is 16.2. The molecule has 0 atom stereocenters. The van der Waals surface area contributed by atoms with E-state index < -0.39 is 0 Å². The van der Waals surface area contributed by atoms with E-state index in [-0.39, 0.29) is 0 Å². The first kappa shape index (κ1) is 15.1. The number of benzene rings is 1. The van der Waals surface area contributed by atoms with E-state index in [0.29, 0.717) is 12.3 Å². The average Bonchev–Trinajstić information content (AvgIpc) is 2.46. The fourth-order valence-electron chi connectivity index (χ4n) is 3.11. The lowest BCUT2D eigenvalue weighted by Crippen LogP contribution is -2.39. The van der Waals surface area contributed by atoms with Gasteiger partial charge >= 0.3 is 0 Å². The highest BCUT2D eigenvalue weighted by Gasteiger charge is 2.24. The monoisotopic (exact) mass is 273 g/mol. The first-order valence-corrected chi connectivity index (χ1v) is 7.90. The molecule has 1 saturated heterocycles. The Kier molecular flexibility index (Phi) is 5.22. The zero-order chi connectivity index (χ0) is 14.5. The molecule has 1 aliphatic rings. The second-order valence-electron chi connectivity index (χ2n) is 6.39. The van der Waals surface area contributed by atoms with Crippen LogP contribution in [0.4, 0.5) is 0 Å². The average molecular weight is 273 g/mol. The molecule has 20 heavy (non-hydrogen) atoms. The standard InChI is InChI=1S/C18H27NO/c1-14(2)16-10-12-19(13-11-16)18(20)9-8-17-7-5-4-6-15(17)3/h4-7,14,16H,8-13H2,1-3H3. The molecule has 0 radical (unpaired) electrons. The SMILES string of the molecule is Cc1ccccc1CCC(=O)N1CCC(C(C)C)CC1. The van der Waals surface area contributed by atoms with Crippen molar-refractivity contribution >= 4 is 5.91 Å². The molecule has 110 valence electrons. The largest absolute Gasteiger partial charge is 0.343 e. The molecule has 0 N–H and O–H groups in total. The molecule has 1 amide bonds. The van der Waals surface area contributed by atoms with Gasteiger partial charge in [-0.05, 0) is 49.1 Å². The molecule has 2 nitrogen and oxygen atoms in total. The number of aryl methyl sites for hydroxylation is 2. The van der Waals surface area contributed by atoms with E-state index >= 15 is 0 Å². The third kappa shape index (κ3) is 3.84. The molecule has 2 heteroatoms. The molecule has 1 aromatic carbocycles. The Morgan fingerprint density at radius 3 is 2.50 bits per heavy atom. The van der Waals surface area contributed by atoms with Crippen molar-refractivity contribution in [1.29, 1.82) is 0 Å². The van der Waals surface area contributed by atoms with Gasteiger partial charge in [0.2, 0.25) is 5.91 Å². The minimum Gasteiger partial charge on any atom is -0.343 e. The second kappa shape index (κ2) is 6.92. The van der Waals surface area contributed by atoms with Gasteiger partial charge in [-0.3, -0.25) is 4.79 Å². The van der Waals surface area contributed by atoms with Crippen molar-refractivity contribution in [2.24, 2.45) is 11.8 Å². The predicted molar refractivity (Wildman–Crippen MR) is 83.6 cm³/mol. The van der Waals surface area contributed by atoms with E-state index in [1.54, 1.807) is 0 Å². The van der Waals surface area contributed by atoms with Crippen LogP contribution in [0.1, 0.15) is 44.2 Å². The van der Waals surface area contributed by atoms with Gasteiger partial charge in [-0.25, -0.2) is 0 Å². The van der Waals surface area contributed by atoms with Crippen LogP contribution in [0.2, 0.25) is 0 Å². The number of carbonyl (C=O) groups is 1. The molecule has 1 aromatic rings. The van der Waals surface area contributed by atoms with E-state index in [2.05, 4.69) is 49.9 Å². The lowest BCUT2D eigenvalue weighted by atomic mass is 9.86. The lowest BCUT2D eigenvalue weighted by Gasteiger charge is -2.34. The third-order valence-corrected chi connectivity index (χ3v) is 4.70. The molecule has 0 bridgehead atoms. The van der Waals surface area contributed by atoms with Crippen molar-refractivity contribution in [3.05, 3.63) is 35.4 Å². The van der Waals surface area contributed by atoms with E-state index in [0.717, 1.165) is 31.3 Å². The summed E-state index contributed by atoms with van der Waals surface area (Å²) in [5, 5.41) is 0. The minimum absolute atomic E-state index is 0.329. The Morgan fingerprint density at radius 1 is 1.25 bits per heavy atom. The van der Waals surface area contributed by atoms with E-state index in [1.807, 2.05) is 0 Å². The van der Waals surface area contributed by atoms with E-state index in [1.165, 1.54) is 24.0 Å². The highest BCUT2D eigenvalue weighted by Crippen LogP contribution is 2.24. The molecule has 1 aliphatic heterocycles. The quantitative estimate of drug-likeness (QED) is 0.816. The van der Waals surface area contributed by atoms with Crippen molar-refractivity contribution in [2.45, 2.75) is 46.5 Å². The number of hydrogen-bond acceptors (Lipinski definition) is 1. The zero-order valence-corrected chi connectivity index (χ0v) is 13.1. The summed E-state index contributed by atoms with van der Waals surface area (Å²) in [6.07, 6.45) is 3.87. The topological polar surface area (TPSA) is 20.3 Å². The van der Waals surface area contributed by atoms with Crippen LogP contribution in [0, 0.1) is 18.8 Å². The van der Waals surface area contributed by atoms with Crippen LogP contribution in [0.25, 0.3) is 0 Å². The van der Waals surface area contributed by atoms with Crippen molar-refractivity contribution in [2.75, 3.05) is 13.1 Å². The van der Waals surface area contributed by atoms with Crippen LogP contribution in [0.5, 0.6) is 0 Å². The summed E-state index contributed by atoms with van der Waals surface area (Å²) in [5.41, 5.74) is 2.59. The molecular weight excluding hydrogens is 246 g/mol. The number of nitrogens with zero attached hydrogens (tertiary/aromatic N) is 1. The van der Waals surface area contributed by atoms with E-state index in [4.69, 9.17) is 0 Å². The Morgan fingerprint density at radius 2 is 1.90 bits per heavy atom. The van der Waals surface area contributed by atoms with Crippen LogP contribution in [-0.2, 0) is 11.2 Å². The van der Waals surface area contributed by atoms with Crippen LogP contribution < -0.4 is 0 Å². The van der Waals surface area contributed by atoms with Crippen molar-refractivity contribution < 1.29 is 4.79 Å². The molecular formula is C18H27NO. The lowest BCUT2D eigenvalue weighted by molar-refractivity contribution is -0.132. The van der Waals surface area contributed by atoms with Crippen molar-refractivity contribution in [3.8, 4) is 0 Å². The van der Waals surface area contributed by atoms with Gasteiger partial charge in [0.1, 0.15) is 0 Å². The van der Waals surface area contributed by atoms with Crippen molar-refractivity contribution in [3.63, 3.8) is 0 Å². The van der Waals surface area contributed by atoms with Gasteiger partial charge in [0.25, 0.3) is 0 Å². The van der Waals surface area contributed by atoms with Crippen LogP contribution in [-0.4, -0.2) is 23.9 Å².